The lowest BCUT2D eigenvalue weighted by Gasteiger charge is -2.11. The third-order valence-electron chi connectivity index (χ3n) is 2.60. The molecule has 0 radical (unpaired) electrons. The van der Waals surface area contributed by atoms with Crippen LogP contribution in [-0.2, 0) is 6.42 Å². The second-order valence-corrected chi connectivity index (χ2v) is 3.78. The van der Waals surface area contributed by atoms with E-state index in [1.165, 1.54) is 31.8 Å². The molecule has 5 heteroatoms. The van der Waals surface area contributed by atoms with Gasteiger partial charge in [-0.1, -0.05) is 12.1 Å². The molecule has 0 fully saturated rings. The number of hydrogen-bond donors (Lipinski definition) is 1. The standard InChI is InChI=1S/C13H13FN2O2/c1-18-12-4-2-3-9(13(12)14)7-11(17)10-8-15-5-6-16-10/h2-6,8,11,17H,7H2,1H3. The van der Waals surface area contributed by atoms with Crippen molar-refractivity contribution in [3.63, 3.8) is 0 Å². The summed E-state index contributed by atoms with van der Waals surface area (Å²) in [6.07, 6.45) is 3.70. The van der Waals surface area contributed by atoms with E-state index in [0.29, 0.717) is 11.3 Å². The van der Waals surface area contributed by atoms with Crippen LogP contribution in [-0.4, -0.2) is 22.2 Å². The monoisotopic (exact) mass is 248 g/mol. The van der Waals surface area contributed by atoms with Gasteiger partial charge in [-0.25, -0.2) is 4.39 Å². The van der Waals surface area contributed by atoms with Gasteiger partial charge < -0.3 is 9.84 Å². The molecule has 1 aromatic heterocycles. The van der Waals surface area contributed by atoms with Gasteiger partial charge in [-0.3, -0.25) is 9.97 Å². The molecular formula is C13H13FN2O2. The van der Waals surface area contributed by atoms with E-state index in [1.807, 2.05) is 0 Å². The molecule has 18 heavy (non-hydrogen) atoms. The highest BCUT2D eigenvalue weighted by atomic mass is 19.1. The number of nitrogens with zero attached hydrogens (tertiary/aromatic N) is 2. The summed E-state index contributed by atoms with van der Waals surface area (Å²) in [7, 11) is 1.40. The zero-order chi connectivity index (χ0) is 13.0. The van der Waals surface area contributed by atoms with Crippen molar-refractivity contribution in [2.24, 2.45) is 0 Å². The Bertz CT molecular complexity index is 520. The average Bonchev–Trinajstić information content (AvgIpc) is 2.42. The van der Waals surface area contributed by atoms with Crippen molar-refractivity contribution in [1.82, 2.24) is 9.97 Å². The van der Waals surface area contributed by atoms with E-state index in [0.717, 1.165) is 0 Å². The first-order chi connectivity index (χ1) is 8.72. The molecule has 1 N–H and O–H groups in total. The van der Waals surface area contributed by atoms with E-state index in [-0.39, 0.29) is 12.2 Å². The largest absolute Gasteiger partial charge is 0.494 e. The molecule has 0 bridgehead atoms. The molecule has 4 nitrogen and oxygen atoms in total. The van der Waals surface area contributed by atoms with Gasteiger partial charge in [0.05, 0.1) is 19.0 Å². The number of rotatable bonds is 4. The SMILES string of the molecule is COc1cccc(CC(O)c2cnccn2)c1F. The van der Waals surface area contributed by atoms with Crippen LogP contribution in [0.15, 0.2) is 36.8 Å². The first-order valence-corrected chi connectivity index (χ1v) is 5.47. The maximum atomic E-state index is 13.9. The minimum absolute atomic E-state index is 0.127. The van der Waals surface area contributed by atoms with Crippen LogP contribution in [0.2, 0.25) is 0 Å². The fourth-order valence-corrected chi connectivity index (χ4v) is 1.67. The number of benzene rings is 1. The van der Waals surface area contributed by atoms with Gasteiger partial charge in [-0.05, 0) is 11.6 Å². The fourth-order valence-electron chi connectivity index (χ4n) is 1.67. The molecule has 0 spiro atoms. The summed E-state index contributed by atoms with van der Waals surface area (Å²) in [6.45, 7) is 0. The molecule has 2 rings (SSSR count). The second-order valence-electron chi connectivity index (χ2n) is 3.78. The van der Waals surface area contributed by atoms with Crippen LogP contribution in [0.1, 0.15) is 17.4 Å². The predicted molar refractivity (Wildman–Crippen MR) is 63.6 cm³/mol. The van der Waals surface area contributed by atoms with Gasteiger partial charge >= 0.3 is 0 Å². The molecule has 0 saturated heterocycles. The smallest absolute Gasteiger partial charge is 0.168 e. The van der Waals surface area contributed by atoms with E-state index < -0.39 is 11.9 Å². The molecule has 1 aromatic carbocycles. The molecule has 1 unspecified atom stereocenters. The van der Waals surface area contributed by atoms with E-state index in [1.54, 1.807) is 12.1 Å². The number of methoxy groups -OCH3 is 1. The van der Waals surface area contributed by atoms with Gasteiger partial charge in [0.15, 0.2) is 11.6 Å². The molecule has 94 valence electrons. The molecule has 2 aromatic rings. The van der Waals surface area contributed by atoms with Gasteiger partial charge in [0, 0.05) is 18.8 Å². The quantitative estimate of drug-likeness (QED) is 0.897. The summed E-state index contributed by atoms with van der Waals surface area (Å²) in [5.41, 5.74) is 0.798. The van der Waals surface area contributed by atoms with Crippen molar-refractivity contribution in [2.75, 3.05) is 7.11 Å². The second kappa shape index (κ2) is 5.55. The molecule has 0 aliphatic heterocycles. The van der Waals surface area contributed by atoms with Gasteiger partial charge in [-0.15, -0.1) is 0 Å². The third-order valence-corrected chi connectivity index (χ3v) is 2.60. The Balaban J connectivity index is 2.19. The van der Waals surface area contributed by atoms with Crippen LogP contribution in [0.5, 0.6) is 5.75 Å². The number of aromatic nitrogens is 2. The lowest BCUT2D eigenvalue weighted by molar-refractivity contribution is 0.171. The third kappa shape index (κ3) is 2.62. The lowest BCUT2D eigenvalue weighted by atomic mass is 10.0. The minimum Gasteiger partial charge on any atom is -0.494 e. The summed E-state index contributed by atoms with van der Waals surface area (Å²) in [6, 6.07) is 4.83. The van der Waals surface area contributed by atoms with Crippen LogP contribution in [0.4, 0.5) is 4.39 Å². The summed E-state index contributed by atoms with van der Waals surface area (Å²) in [5, 5.41) is 9.95. The molecule has 0 aliphatic rings. The first-order valence-electron chi connectivity index (χ1n) is 5.47. The van der Waals surface area contributed by atoms with Crippen LogP contribution in [0.3, 0.4) is 0 Å². The number of hydrogen-bond acceptors (Lipinski definition) is 4. The summed E-state index contributed by atoms with van der Waals surface area (Å²) < 4.78 is 18.8. The van der Waals surface area contributed by atoms with Crippen molar-refractivity contribution in [2.45, 2.75) is 12.5 Å². The lowest BCUT2D eigenvalue weighted by Crippen LogP contribution is -2.06. The summed E-state index contributed by atoms with van der Waals surface area (Å²) >= 11 is 0. The molecule has 0 aliphatic carbocycles. The zero-order valence-corrected chi connectivity index (χ0v) is 9.88. The Morgan fingerprint density at radius 3 is 2.89 bits per heavy atom. The van der Waals surface area contributed by atoms with Crippen molar-refractivity contribution < 1.29 is 14.2 Å². The van der Waals surface area contributed by atoms with Crippen LogP contribution >= 0.6 is 0 Å². The van der Waals surface area contributed by atoms with Gasteiger partial charge in [0.1, 0.15) is 6.10 Å². The van der Waals surface area contributed by atoms with Gasteiger partial charge in [-0.2, -0.15) is 0 Å². The molecule has 0 saturated carbocycles. The molecule has 1 atom stereocenters. The Morgan fingerprint density at radius 1 is 1.39 bits per heavy atom. The van der Waals surface area contributed by atoms with Crippen molar-refractivity contribution in [1.29, 1.82) is 0 Å². The topological polar surface area (TPSA) is 55.2 Å². The molecular weight excluding hydrogens is 235 g/mol. The van der Waals surface area contributed by atoms with Crippen molar-refractivity contribution in [3.05, 3.63) is 53.9 Å². The normalized spacial score (nSPS) is 12.2. The van der Waals surface area contributed by atoms with Crippen LogP contribution in [0.25, 0.3) is 0 Å². The van der Waals surface area contributed by atoms with E-state index in [4.69, 9.17) is 4.74 Å². The molecule has 0 amide bonds. The van der Waals surface area contributed by atoms with E-state index >= 15 is 0 Å². The molecule has 1 heterocycles. The van der Waals surface area contributed by atoms with E-state index in [9.17, 15) is 9.50 Å². The Morgan fingerprint density at radius 2 is 2.22 bits per heavy atom. The Hall–Kier alpha value is -2.01. The number of aliphatic hydroxyl groups excluding tert-OH is 1. The Kier molecular flexibility index (Phi) is 3.84. The number of halogens is 1. The zero-order valence-electron chi connectivity index (χ0n) is 9.88. The highest BCUT2D eigenvalue weighted by Gasteiger charge is 2.15. The number of ether oxygens (including phenoxy) is 1. The minimum atomic E-state index is -0.889. The van der Waals surface area contributed by atoms with Gasteiger partial charge in [0.2, 0.25) is 0 Å². The fraction of sp³-hybridized carbons (Fsp3) is 0.231. The van der Waals surface area contributed by atoms with Crippen LogP contribution in [0, 0.1) is 5.82 Å². The maximum absolute atomic E-state index is 13.9. The van der Waals surface area contributed by atoms with Crippen LogP contribution < -0.4 is 4.74 Å². The van der Waals surface area contributed by atoms with Crippen molar-refractivity contribution in [3.8, 4) is 5.75 Å². The van der Waals surface area contributed by atoms with Crippen molar-refractivity contribution >= 4 is 0 Å². The van der Waals surface area contributed by atoms with E-state index in [2.05, 4.69) is 9.97 Å². The highest BCUT2D eigenvalue weighted by Crippen LogP contribution is 2.24. The average molecular weight is 248 g/mol. The summed E-state index contributed by atoms with van der Waals surface area (Å²) in [5.74, 6) is -0.290. The van der Waals surface area contributed by atoms with Gasteiger partial charge in [0.25, 0.3) is 0 Å². The number of aliphatic hydroxyl groups is 1. The first kappa shape index (κ1) is 12.4. The summed E-state index contributed by atoms with van der Waals surface area (Å²) in [4.78, 5) is 7.84. The predicted octanol–water partition coefficient (Wildman–Crippen LogP) is 1.90. The Labute approximate surface area is 104 Å². The maximum Gasteiger partial charge on any atom is 0.168 e. The highest BCUT2D eigenvalue weighted by molar-refractivity contribution is 5.31.